The molecule has 1 aliphatic rings. The smallest absolute Gasteiger partial charge is 0.226 e. The predicted molar refractivity (Wildman–Crippen MR) is 75.2 cm³/mol. The lowest BCUT2D eigenvalue weighted by molar-refractivity contribution is 0.407. The molecule has 1 aromatic rings. The fraction of sp³-hybridized carbons (Fsp3) is 0.714. The molecule has 1 aromatic heterocycles. The van der Waals surface area contributed by atoms with Gasteiger partial charge in [-0.15, -0.1) is 0 Å². The van der Waals surface area contributed by atoms with Crippen molar-refractivity contribution in [2.45, 2.75) is 46.1 Å². The number of nitrogens with zero attached hydrogens (tertiary/aromatic N) is 3. The summed E-state index contributed by atoms with van der Waals surface area (Å²) in [5, 5.41) is 3.32. The summed E-state index contributed by atoms with van der Waals surface area (Å²) in [6.07, 6.45) is 1.13. The highest BCUT2D eigenvalue weighted by Crippen LogP contribution is 2.20. The van der Waals surface area contributed by atoms with Crippen molar-refractivity contribution in [1.29, 1.82) is 0 Å². The Morgan fingerprint density at radius 1 is 1.39 bits per heavy atom. The van der Waals surface area contributed by atoms with Crippen LogP contribution in [-0.2, 0) is 0 Å². The zero-order valence-electron chi connectivity index (χ0n) is 11.9. The van der Waals surface area contributed by atoms with Gasteiger partial charge in [-0.2, -0.15) is 0 Å². The van der Waals surface area contributed by atoms with Crippen molar-refractivity contribution < 1.29 is 0 Å². The van der Waals surface area contributed by atoms with Crippen LogP contribution in [0.15, 0.2) is 6.07 Å². The van der Waals surface area contributed by atoms with Gasteiger partial charge >= 0.3 is 0 Å². The molecule has 0 saturated carbocycles. The van der Waals surface area contributed by atoms with Gasteiger partial charge in [0.2, 0.25) is 5.95 Å². The molecule has 4 heteroatoms. The summed E-state index contributed by atoms with van der Waals surface area (Å²) in [4.78, 5) is 11.7. The van der Waals surface area contributed by atoms with Crippen LogP contribution in [-0.4, -0.2) is 35.6 Å². The van der Waals surface area contributed by atoms with Crippen molar-refractivity contribution in [3.8, 4) is 0 Å². The van der Waals surface area contributed by atoms with Crippen molar-refractivity contribution in [2.24, 2.45) is 0 Å². The van der Waals surface area contributed by atoms with Gasteiger partial charge in [-0.05, 0) is 25.3 Å². The van der Waals surface area contributed by atoms with E-state index in [1.54, 1.807) is 0 Å². The fourth-order valence-electron chi connectivity index (χ4n) is 2.18. The van der Waals surface area contributed by atoms with Gasteiger partial charge in [0.25, 0.3) is 0 Å². The van der Waals surface area contributed by atoms with E-state index in [1.807, 2.05) is 0 Å². The van der Waals surface area contributed by atoms with E-state index < -0.39 is 0 Å². The van der Waals surface area contributed by atoms with E-state index in [0.29, 0.717) is 12.0 Å². The topological polar surface area (TPSA) is 41.1 Å². The van der Waals surface area contributed by atoms with Crippen molar-refractivity contribution in [2.75, 3.05) is 24.5 Å². The molecular weight excluding hydrogens is 224 g/mol. The largest absolute Gasteiger partial charge is 0.335 e. The van der Waals surface area contributed by atoms with E-state index in [0.717, 1.165) is 43.4 Å². The molecule has 0 amide bonds. The van der Waals surface area contributed by atoms with E-state index in [-0.39, 0.29) is 0 Å². The van der Waals surface area contributed by atoms with Crippen LogP contribution in [0.1, 0.15) is 44.5 Å². The molecule has 0 bridgehead atoms. The highest BCUT2D eigenvalue weighted by Gasteiger charge is 2.26. The van der Waals surface area contributed by atoms with Crippen LogP contribution in [0.5, 0.6) is 0 Å². The third-order valence-electron chi connectivity index (χ3n) is 3.38. The lowest BCUT2D eigenvalue weighted by Crippen LogP contribution is -2.58. The van der Waals surface area contributed by atoms with Gasteiger partial charge in [0.1, 0.15) is 0 Å². The predicted octanol–water partition coefficient (Wildman–Crippen LogP) is 2.10. The minimum absolute atomic E-state index is 0.452. The minimum atomic E-state index is 0.452. The van der Waals surface area contributed by atoms with Crippen molar-refractivity contribution >= 4 is 5.95 Å². The van der Waals surface area contributed by atoms with Crippen LogP contribution in [0.25, 0.3) is 0 Å². The van der Waals surface area contributed by atoms with Gasteiger partial charge in [0.15, 0.2) is 0 Å². The van der Waals surface area contributed by atoms with Gasteiger partial charge in [-0.25, -0.2) is 9.97 Å². The van der Waals surface area contributed by atoms with E-state index in [9.17, 15) is 0 Å². The Bertz CT molecular complexity index is 399. The van der Waals surface area contributed by atoms with E-state index >= 15 is 0 Å². The summed E-state index contributed by atoms with van der Waals surface area (Å²) in [6.45, 7) is 11.8. The average Bonchev–Trinajstić information content (AvgIpc) is 2.25. The Morgan fingerprint density at radius 3 is 2.61 bits per heavy atom. The molecule has 18 heavy (non-hydrogen) atoms. The second kappa shape index (κ2) is 5.65. The maximum atomic E-state index is 4.74. The first-order chi connectivity index (χ1) is 8.61. The van der Waals surface area contributed by atoms with Crippen LogP contribution < -0.4 is 10.2 Å². The molecule has 0 atom stereocenters. The molecule has 2 heterocycles. The molecule has 1 N–H and O–H groups in total. The third-order valence-corrected chi connectivity index (χ3v) is 3.38. The molecule has 2 rings (SSSR count). The highest BCUT2D eigenvalue weighted by molar-refractivity contribution is 5.36. The van der Waals surface area contributed by atoms with Gasteiger partial charge in [-0.3, -0.25) is 0 Å². The minimum Gasteiger partial charge on any atom is -0.335 e. The van der Waals surface area contributed by atoms with Gasteiger partial charge in [-0.1, -0.05) is 20.8 Å². The first-order valence-electron chi connectivity index (χ1n) is 6.94. The second-order valence-corrected chi connectivity index (χ2v) is 5.39. The molecule has 0 spiro atoms. The quantitative estimate of drug-likeness (QED) is 0.866. The Labute approximate surface area is 110 Å². The molecule has 0 aliphatic carbocycles. The van der Waals surface area contributed by atoms with E-state index in [2.05, 4.69) is 49.0 Å². The molecular formula is C14H24N4. The molecule has 1 fully saturated rings. The summed E-state index contributed by atoms with van der Waals surface area (Å²) in [5.74, 6) is 1.36. The van der Waals surface area contributed by atoms with Crippen LogP contribution in [0.4, 0.5) is 5.95 Å². The third kappa shape index (κ3) is 2.80. The Balaban J connectivity index is 2.27. The monoisotopic (exact) mass is 248 g/mol. The van der Waals surface area contributed by atoms with Crippen molar-refractivity contribution in [3.63, 3.8) is 0 Å². The number of aromatic nitrogens is 2. The Morgan fingerprint density at radius 2 is 2.11 bits per heavy atom. The summed E-state index contributed by atoms with van der Waals surface area (Å²) in [6, 6.07) is 2.66. The summed E-state index contributed by atoms with van der Waals surface area (Å²) >= 11 is 0. The molecule has 1 saturated heterocycles. The van der Waals surface area contributed by atoms with Gasteiger partial charge in [0.05, 0.1) is 6.04 Å². The molecule has 0 unspecified atom stereocenters. The summed E-state index contributed by atoms with van der Waals surface area (Å²) in [5.41, 5.74) is 2.21. The average molecular weight is 248 g/mol. The van der Waals surface area contributed by atoms with Crippen LogP contribution in [0.2, 0.25) is 0 Å². The lowest BCUT2D eigenvalue weighted by Gasteiger charge is -2.38. The number of nitrogens with one attached hydrogen (secondary N) is 1. The SMILES string of the molecule is CCCN(c1nc(C)cc(C(C)C)n1)C1CNC1. The number of hydrogen-bond donors (Lipinski definition) is 1. The number of rotatable bonds is 5. The van der Waals surface area contributed by atoms with Gasteiger partial charge in [0, 0.05) is 31.0 Å². The lowest BCUT2D eigenvalue weighted by atomic mass is 10.1. The van der Waals surface area contributed by atoms with Crippen LogP contribution in [0.3, 0.4) is 0 Å². The zero-order valence-corrected chi connectivity index (χ0v) is 11.9. The maximum absolute atomic E-state index is 4.74. The number of hydrogen-bond acceptors (Lipinski definition) is 4. The van der Waals surface area contributed by atoms with Crippen LogP contribution in [0, 0.1) is 6.92 Å². The first kappa shape index (κ1) is 13.3. The van der Waals surface area contributed by atoms with E-state index in [1.165, 1.54) is 0 Å². The highest BCUT2D eigenvalue weighted by atomic mass is 15.3. The maximum Gasteiger partial charge on any atom is 0.226 e. The van der Waals surface area contributed by atoms with E-state index in [4.69, 9.17) is 4.98 Å². The van der Waals surface area contributed by atoms with Gasteiger partial charge < -0.3 is 10.2 Å². The summed E-state index contributed by atoms with van der Waals surface area (Å²) < 4.78 is 0. The normalized spacial score (nSPS) is 15.8. The Kier molecular flexibility index (Phi) is 4.17. The van der Waals surface area contributed by atoms with Crippen molar-refractivity contribution in [1.82, 2.24) is 15.3 Å². The van der Waals surface area contributed by atoms with Crippen molar-refractivity contribution in [3.05, 3.63) is 17.5 Å². The standard InChI is InChI=1S/C14H24N4/c1-5-6-18(12-8-15-9-12)14-16-11(4)7-13(17-14)10(2)3/h7,10,12,15H,5-6,8-9H2,1-4H3. The van der Waals surface area contributed by atoms with Crippen LogP contribution >= 0.6 is 0 Å². The molecule has 1 aliphatic heterocycles. The number of anilines is 1. The Hall–Kier alpha value is -1.16. The number of aryl methyl sites for hydroxylation is 1. The second-order valence-electron chi connectivity index (χ2n) is 5.39. The molecule has 0 aromatic carbocycles. The zero-order chi connectivity index (χ0) is 13.1. The molecule has 0 radical (unpaired) electrons. The first-order valence-corrected chi connectivity index (χ1v) is 6.94. The summed E-state index contributed by atoms with van der Waals surface area (Å²) in [7, 11) is 0. The fourth-order valence-corrected chi connectivity index (χ4v) is 2.18. The molecule has 100 valence electrons. The molecule has 4 nitrogen and oxygen atoms in total.